The van der Waals surface area contributed by atoms with E-state index in [4.69, 9.17) is 25.5 Å². The highest BCUT2D eigenvalue weighted by atomic mass is 35.5. The lowest BCUT2D eigenvalue weighted by atomic mass is 10.1. The normalized spacial score (nSPS) is 10.6. The number of nitrogens with one attached hydrogen (secondary N) is 1. The van der Waals surface area contributed by atoms with Gasteiger partial charge in [0.2, 0.25) is 0 Å². The fraction of sp³-hybridized carbons (Fsp3) is 0.158. The Morgan fingerprint density at radius 2 is 2.00 bits per heavy atom. The second-order valence-corrected chi connectivity index (χ2v) is 6.00. The van der Waals surface area contributed by atoms with Crippen molar-refractivity contribution < 1.29 is 18.7 Å². The number of hydrogen-bond donors (Lipinski definition) is 1. The maximum Gasteiger partial charge on any atom is 0.336 e. The molecule has 0 saturated carbocycles. The predicted molar refractivity (Wildman–Crippen MR) is 99.3 cm³/mol. The van der Waals surface area contributed by atoms with Crippen molar-refractivity contribution in [1.29, 1.82) is 0 Å². The number of anilines is 1. The molecule has 134 valence electrons. The number of halogens is 1. The summed E-state index contributed by atoms with van der Waals surface area (Å²) in [5.41, 5.74) is 1.33. The number of carbonyl (C=O) groups excluding carboxylic acids is 1. The molecule has 7 heteroatoms. The number of rotatable bonds is 5. The number of fused-ring (bicyclic) bond motifs is 1. The summed E-state index contributed by atoms with van der Waals surface area (Å²) in [6, 6.07) is 11.4. The Labute approximate surface area is 154 Å². The third-order valence-electron chi connectivity index (χ3n) is 3.73. The molecule has 0 aliphatic carbocycles. The lowest BCUT2D eigenvalue weighted by Crippen LogP contribution is -2.20. The molecule has 1 N–H and O–H groups in total. The van der Waals surface area contributed by atoms with Gasteiger partial charge in [-0.2, -0.15) is 0 Å². The minimum absolute atomic E-state index is 0.203. The van der Waals surface area contributed by atoms with E-state index in [1.54, 1.807) is 36.4 Å². The molecule has 1 amide bonds. The molecule has 6 nitrogen and oxygen atoms in total. The molecular weight excluding hydrogens is 358 g/mol. The van der Waals surface area contributed by atoms with E-state index in [1.165, 1.54) is 13.2 Å². The van der Waals surface area contributed by atoms with E-state index in [9.17, 15) is 9.59 Å². The highest BCUT2D eigenvalue weighted by Crippen LogP contribution is 2.27. The van der Waals surface area contributed by atoms with Gasteiger partial charge in [0.05, 0.1) is 12.1 Å². The maximum atomic E-state index is 12.0. The average Bonchev–Trinajstić information content (AvgIpc) is 2.59. The van der Waals surface area contributed by atoms with Crippen molar-refractivity contribution in [2.75, 3.05) is 19.0 Å². The van der Waals surface area contributed by atoms with Gasteiger partial charge in [-0.05, 0) is 42.8 Å². The summed E-state index contributed by atoms with van der Waals surface area (Å²) in [5.74, 6) is 0.597. The molecule has 3 rings (SSSR count). The molecule has 0 aliphatic heterocycles. The van der Waals surface area contributed by atoms with Gasteiger partial charge in [-0.3, -0.25) is 4.79 Å². The van der Waals surface area contributed by atoms with Crippen LogP contribution >= 0.6 is 11.6 Å². The van der Waals surface area contributed by atoms with E-state index in [0.717, 1.165) is 10.9 Å². The molecule has 0 atom stereocenters. The summed E-state index contributed by atoms with van der Waals surface area (Å²) in [7, 11) is 1.51. The first-order valence-corrected chi connectivity index (χ1v) is 8.15. The van der Waals surface area contributed by atoms with Gasteiger partial charge in [0, 0.05) is 23.2 Å². The number of methoxy groups -OCH3 is 1. The molecule has 0 fully saturated rings. The molecule has 0 bridgehead atoms. The molecular formula is C19H16ClNO5. The van der Waals surface area contributed by atoms with Gasteiger partial charge in [-0.25, -0.2) is 4.79 Å². The molecule has 0 radical (unpaired) electrons. The van der Waals surface area contributed by atoms with Crippen LogP contribution in [0.15, 0.2) is 51.7 Å². The summed E-state index contributed by atoms with van der Waals surface area (Å²) < 4.78 is 15.7. The Hall–Kier alpha value is -2.99. The fourth-order valence-corrected chi connectivity index (χ4v) is 2.74. The first kappa shape index (κ1) is 17.8. The van der Waals surface area contributed by atoms with Gasteiger partial charge in [0.15, 0.2) is 6.61 Å². The molecule has 0 unspecified atom stereocenters. The minimum Gasteiger partial charge on any atom is -0.495 e. The Kier molecular flexibility index (Phi) is 5.14. The maximum absolute atomic E-state index is 12.0. The third-order valence-corrected chi connectivity index (χ3v) is 4.02. The van der Waals surface area contributed by atoms with Gasteiger partial charge in [0.1, 0.15) is 17.1 Å². The van der Waals surface area contributed by atoms with Crippen LogP contribution < -0.4 is 20.4 Å². The van der Waals surface area contributed by atoms with Crippen LogP contribution in [0.4, 0.5) is 5.69 Å². The van der Waals surface area contributed by atoms with Gasteiger partial charge in [0.25, 0.3) is 5.91 Å². The van der Waals surface area contributed by atoms with Crippen LogP contribution in [0.2, 0.25) is 5.02 Å². The van der Waals surface area contributed by atoms with Crippen LogP contribution in [-0.2, 0) is 4.79 Å². The van der Waals surface area contributed by atoms with E-state index in [-0.39, 0.29) is 12.5 Å². The van der Waals surface area contributed by atoms with E-state index < -0.39 is 5.63 Å². The highest BCUT2D eigenvalue weighted by Gasteiger charge is 2.08. The van der Waals surface area contributed by atoms with E-state index in [2.05, 4.69) is 5.32 Å². The molecule has 0 saturated heterocycles. The zero-order valence-corrected chi connectivity index (χ0v) is 14.9. The predicted octanol–water partition coefficient (Wildman–Crippen LogP) is 3.78. The van der Waals surface area contributed by atoms with Crippen LogP contribution in [-0.4, -0.2) is 19.6 Å². The summed E-state index contributed by atoms with van der Waals surface area (Å²) in [6.45, 7) is 1.62. The van der Waals surface area contributed by atoms with Crippen LogP contribution in [0, 0.1) is 6.92 Å². The molecule has 26 heavy (non-hydrogen) atoms. The van der Waals surface area contributed by atoms with Gasteiger partial charge >= 0.3 is 5.63 Å². The zero-order valence-electron chi connectivity index (χ0n) is 14.2. The Morgan fingerprint density at radius 3 is 2.73 bits per heavy atom. The molecule has 0 aliphatic rings. The van der Waals surface area contributed by atoms with Crippen molar-refractivity contribution in [3.8, 4) is 11.5 Å². The Morgan fingerprint density at radius 1 is 1.19 bits per heavy atom. The van der Waals surface area contributed by atoms with E-state index >= 15 is 0 Å². The third kappa shape index (κ3) is 3.97. The molecule has 1 aromatic heterocycles. The standard InChI is InChI=1S/C19H16ClNO5/c1-11-7-19(23)26-17-9-13(4-5-14(11)17)25-10-18(22)21-12-3-6-16(24-2)15(20)8-12/h3-9H,10H2,1-2H3,(H,21,22). The first-order valence-electron chi connectivity index (χ1n) is 7.77. The minimum atomic E-state index is -0.429. The Balaban J connectivity index is 1.67. The second kappa shape index (κ2) is 7.49. The molecule has 3 aromatic rings. The summed E-state index contributed by atoms with van der Waals surface area (Å²) >= 11 is 6.02. The highest BCUT2D eigenvalue weighted by molar-refractivity contribution is 6.32. The lowest BCUT2D eigenvalue weighted by molar-refractivity contribution is -0.118. The molecule has 0 spiro atoms. The Bertz CT molecular complexity index is 1030. The lowest BCUT2D eigenvalue weighted by Gasteiger charge is -2.10. The van der Waals surface area contributed by atoms with Crippen molar-refractivity contribution in [3.05, 3.63) is 63.5 Å². The zero-order chi connectivity index (χ0) is 18.7. The van der Waals surface area contributed by atoms with Crippen LogP contribution in [0.5, 0.6) is 11.5 Å². The molecule has 2 aromatic carbocycles. The van der Waals surface area contributed by atoms with Crippen molar-refractivity contribution in [2.24, 2.45) is 0 Å². The summed E-state index contributed by atoms with van der Waals surface area (Å²) in [4.78, 5) is 23.5. The monoisotopic (exact) mass is 373 g/mol. The SMILES string of the molecule is COc1ccc(NC(=O)COc2ccc3c(C)cc(=O)oc3c2)cc1Cl. The number of amides is 1. The van der Waals surface area contributed by atoms with E-state index in [0.29, 0.717) is 27.8 Å². The van der Waals surface area contributed by atoms with Crippen molar-refractivity contribution in [2.45, 2.75) is 6.92 Å². The fourth-order valence-electron chi connectivity index (χ4n) is 2.49. The summed E-state index contributed by atoms with van der Waals surface area (Å²) in [5, 5.41) is 3.89. The smallest absolute Gasteiger partial charge is 0.336 e. The van der Waals surface area contributed by atoms with Crippen LogP contribution in [0.1, 0.15) is 5.56 Å². The second-order valence-electron chi connectivity index (χ2n) is 5.59. The largest absolute Gasteiger partial charge is 0.495 e. The van der Waals surface area contributed by atoms with Crippen LogP contribution in [0.3, 0.4) is 0 Å². The summed E-state index contributed by atoms with van der Waals surface area (Å²) in [6.07, 6.45) is 0. The van der Waals surface area contributed by atoms with Gasteiger partial charge < -0.3 is 19.2 Å². The number of carbonyl (C=O) groups is 1. The molecule has 1 heterocycles. The number of benzene rings is 2. The van der Waals surface area contributed by atoms with Crippen LogP contribution in [0.25, 0.3) is 11.0 Å². The number of hydrogen-bond acceptors (Lipinski definition) is 5. The van der Waals surface area contributed by atoms with Gasteiger partial charge in [-0.1, -0.05) is 11.6 Å². The van der Waals surface area contributed by atoms with Crippen molar-refractivity contribution >= 4 is 34.2 Å². The number of aryl methyl sites for hydroxylation is 1. The average molecular weight is 374 g/mol. The first-order chi connectivity index (χ1) is 12.5. The van der Waals surface area contributed by atoms with E-state index in [1.807, 2.05) is 6.92 Å². The van der Waals surface area contributed by atoms with Crippen molar-refractivity contribution in [3.63, 3.8) is 0 Å². The number of ether oxygens (including phenoxy) is 2. The van der Waals surface area contributed by atoms with Crippen molar-refractivity contribution in [1.82, 2.24) is 0 Å². The quantitative estimate of drug-likeness (QED) is 0.688. The topological polar surface area (TPSA) is 77.8 Å². The van der Waals surface area contributed by atoms with Gasteiger partial charge in [-0.15, -0.1) is 0 Å².